The highest BCUT2D eigenvalue weighted by Crippen LogP contribution is 2.23. The topological polar surface area (TPSA) is 65.5 Å². The van der Waals surface area contributed by atoms with Gasteiger partial charge < -0.3 is 0 Å². The van der Waals surface area contributed by atoms with Crippen LogP contribution in [0.25, 0.3) is 11.6 Å². The monoisotopic (exact) mass is 363 g/mol. The van der Waals surface area contributed by atoms with Crippen LogP contribution in [-0.4, -0.2) is 40.6 Å². The molecule has 140 valence electrons. The first-order chi connectivity index (χ1) is 13.2. The molecule has 5 heteroatoms. The van der Waals surface area contributed by atoms with Crippen molar-refractivity contribution in [2.75, 3.05) is 19.6 Å². The van der Waals surface area contributed by atoms with Gasteiger partial charge in [0.1, 0.15) is 0 Å². The van der Waals surface area contributed by atoms with Crippen molar-refractivity contribution < 1.29 is 10.0 Å². The summed E-state index contributed by atoms with van der Waals surface area (Å²) in [7, 11) is 0. The lowest BCUT2D eigenvalue weighted by atomic mass is 10.00. The first kappa shape index (κ1) is 19.0. The first-order valence-corrected chi connectivity index (χ1v) is 9.25. The largest absolute Gasteiger partial charge is 0.300 e. The van der Waals surface area contributed by atoms with E-state index in [4.69, 9.17) is 5.21 Å². The van der Waals surface area contributed by atoms with E-state index in [2.05, 4.69) is 47.1 Å². The summed E-state index contributed by atoms with van der Waals surface area (Å²) in [4.78, 5) is 18.4. The summed E-state index contributed by atoms with van der Waals surface area (Å²) in [6.45, 7) is 5.26. The maximum atomic E-state index is 11.2. The van der Waals surface area contributed by atoms with Crippen molar-refractivity contribution in [1.82, 2.24) is 15.4 Å². The quantitative estimate of drug-likeness (QED) is 0.469. The predicted octanol–water partition coefficient (Wildman–Crippen LogP) is 3.44. The molecule has 1 aliphatic heterocycles. The fraction of sp³-hybridized carbons (Fsp3) is 0.273. The zero-order valence-electron chi connectivity index (χ0n) is 15.6. The fourth-order valence-electron chi connectivity index (χ4n) is 3.18. The van der Waals surface area contributed by atoms with E-state index in [1.165, 1.54) is 24.5 Å². The molecular formula is C22H25N3O2. The van der Waals surface area contributed by atoms with E-state index >= 15 is 0 Å². The molecule has 5 nitrogen and oxygen atoms in total. The number of rotatable bonds is 6. The summed E-state index contributed by atoms with van der Waals surface area (Å²) in [5.74, 6) is -0.578. The lowest BCUT2D eigenvalue weighted by molar-refractivity contribution is -0.124. The number of nitrogens with zero attached hydrogens (tertiary/aromatic N) is 2. The fourth-order valence-corrected chi connectivity index (χ4v) is 3.18. The molecule has 3 rings (SSSR count). The van der Waals surface area contributed by atoms with Gasteiger partial charge in [-0.25, -0.2) is 10.5 Å². The van der Waals surface area contributed by atoms with Gasteiger partial charge in [0.25, 0.3) is 5.91 Å². The van der Waals surface area contributed by atoms with Crippen LogP contribution in [0.3, 0.4) is 0 Å². The average molecular weight is 363 g/mol. The van der Waals surface area contributed by atoms with Gasteiger partial charge in [-0.2, -0.15) is 0 Å². The zero-order chi connectivity index (χ0) is 19.1. The molecule has 0 unspecified atom stereocenters. The minimum absolute atomic E-state index is 0.578. The molecule has 1 aromatic carbocycles. The maximum absolute atomic E-state index is 11.2. The highest BCUT2D eigenvalue weighted by molar-refractivity contribution is 5.90. The molecule has 2 heterocycles. The lowest BCUT2D eigenvalue weighted by Crippen LogP contribution is -2.19. The molecule has 1 saturated heterocycles. The van der Waals surface area contributed by atoms with E-state index in [-0.39, 0.29) is 0 Å². The SMILES string of the molecule is Cc1ccc(C(=CCN2CCCC2)c2cccc(C=CC(=O)NO)n2)cc1. The van der Waals surface area contributed by atoms with Crippen LogP contribution in [0.2, 0.25) is 0 Å². The van der Waals surface area contributed by atoms with Crippen molar-refractivity contribution in [2.45, 2.75) is 19.8 Å². The summed E-state index contributed by atoms with van der Waals surface area (Å²) >= 11 is 0. The molecule has 1 amide bonds. The Bertz CT molecular complexity index is 835. The number of pyridine rings is 1. The lowest BCUT2D eigenvalue weighted by Gasteiger charge is -2.14. The number of aryl methyl sites for hydroxylation is 1. The Morgan fingerprint density at radius 2 is 1.93 bits per heavy atom. The van der Waals surface area contributed by atoms with E-state index in [1.807, 2.05) is 18.2 Å². The van der Waals surface area contributed by atoms with E-state index in [0.29, 0.717) is 5.69 Å². The van der Waals surface area contributed by atoms with Gasteiger partial charge in [-0.05, 0) is 56.6 Å². The number of hydrogen-bond acceptors (Lipinski definition) is 4. The van der Waals surface area contributed by atoms with Crippen LogP contribution in [-0.2, 0) is 4.79 Å². The summed E-state index contributed by atoms with van der Waals surface area (Å²) in [5.41, 5.74) is 6.55. The number of hydroxylamine groups is 1. The van der Waals surface area contributed by atoms with Crippen LogP contribution in [0, 0.1) is 6.92 Å². The number of carbonyl (C=O) groups is 1. The van der Waals surface area contributed by atoms with Gasteiger partial charge in [-0.1, -0.05) is 42.0 Å². The molecule has 2 aromatic rings. The number of benzene rings is 1. The third-order valence-electron chi connectivity index (χ3n) is 4.68. The Labute approximate surface area is 160 Å². The smallest absolute Gasteiger partial charge is 0.267 e. The van der Waals surface area contributed by atoms with Crippen molar-refractivity contribution in [2.24, 2.45) is 0 Å². The number of carbonyl (C=O) groups excluding carboxylic acids is 1. The van der Waals surface area contributed by atoms with Gasteiger partial charge >= 0.3 is 0 Å². The molecule has 27 heavy (non-hydrogen) atoms. The first-order valence-electron chi connectivity index (χ1n) is 9.25. The van der Waals surface area contributed by atoms with Crippen molar-refractivity contribution in [3.8, 4) is 0 Å². The number of likely N-dealkylation sites (tertiary alicyclic amines) is 1. The van der Waals surface area contributed by atoms with Crippen molar-refractivity contribution in [3.63, 3.8) is 0 Å². The Morgan fingerprint density at radius 1 is 1.19 bits per heavy atom. The summed E-state index contributed by atoms with van der Waals surface area (Å²) in [6, 6.07) is 14.2. The molecule has 0 aliphatic carbocycles. The molecule has 0 bridgehead atoms. The van der Waals surface area contributed by atoms with Gasteiger partial charge in [-0.3, -0.25) is 14.9 Å². The van der Waals surface area contributed by atoms with E-state index in [1.54, 1.807) is 11.6 Å². The van der Waals surface area contributed by atoms with Crippen LogP contribution in [0.5, 0.6) is 0 Å². The second-order valence-electron chi connectivity index (χ2n) is 6.75. The summed E-state index contributed by atoms with van der Waals surface area (Å²) in [6.07, 6.45) is 7.61. The molecule has 0 spiro atoms. The Hall–Kier alpha value is -2.76. The maximum Gasteiger partial charge on any atom is 0.267 e. The molecule has 0 radical (unpaired) electrons. The van der Waals surface area contributed by atoms with E-state index < -0.39 is 5.91 Å². The number of hydrogen-bond donors (Lipinski definition) is 2. The molecule has 2 N–H and O–H groups in total. The molecule has 1 fully saturated rings. The average Bonchev–Trinajstić information content (AvgIpc) is 3.21. The Balaban J connectivity index is 1.92. The predicted molar refractivity (Wildman–Crippen MR) is 107 cm³/mol. The standard InChI is InChI=1S/C22H25N3O2/c1-17-7-9-18(10-8-17)20(13-16-25-14-2-3-15-25)21-6-4-5-19(23-21)11-12-22(26)24-27/h4-13,27H,2-3,14-16H2,1H3,(H,24,26). The van der Waals surface area contributed by atoms with Crippen LogP contribution < -0.4 is 5.48 Å². The Morgan fingerprint density at radius 3 is 2.63 bits per heavy atom. The number of aromatic nitrogens is 1. The van der Waals surface area contributed by atoms with E-state index in [0.717, 1.165) is 36.5 Å². The highest BCUT2D eigenvalue weighted by Gasteiger charge is 2.12. The highest BCUT2D eigenvalue weighted by atomic mass is 16.5. The van der Waals surface area contributed by atoms with Crippen LogP contribution in [0.1, 0.15) is 35.4 Å². The van der Waals surface area contributed by atoms with Crippen LogP contribution in [0.15, 0.2) is 54.6 Å². The normalized spacial score (nSPS) is 15.4. The second-order valence-corrected chi connectivity index (χ2v) is 6.75. The molecule has 0 atom stereocenters. The number of nitrogens with one attached hydrogen (secondary N) is 1. The van der Waals surface area contributed by atoms with Crippen molar-refractivity contribution in [1.29, 1.82) is 0 Å². The minimum Gasteiger partial charge on any atom is -0.300 e. The van der Waals surface area contributed by atoms with Gasteiger partial charge in [0.15, 0.2) is 0 Å². The van der Waals surface area contributed by atoms with Gasteiger partial charge in [0, 0.05) is 18.2 Å². The van der Waals surface area contributed by atoms with Gasteiger partial charge in [-0.15, -0.1) is 0 Å². The molecular weight excluding hydrogens is 338 g/mol. The third kappa shape index (κ3) is 5.36. The molecule has 0 saturated carbocycles. The van der Waals surface area contributed by atoms with E-state index in [9.17, 15) is 4.79 Å². The minimum atomic E-state index is -0.578. The van der Waals surface area contributed by atoms with Crippen LogP contribution in [0.4, 0.5) is 0 Å². The molecule has 1 aliphatic rings. The Kier molecular flexibility index (Phi) is 6.52. The third-order valence-corrected chi connectivity index (χ3v) is 4.68. The second kappa shape index (κ2) is 9.26. The van der Waals surface area contributed by atoms with Gasteiger partial charge in [0.05, 0.1) is 11.4 Å². The zero-order valence-corrected chi connectivity index (χ0v) is 15.6. The number of amides is 1. The van der Waals surface area contributed by atoms with Gasteiger partial charge in [0.2, 0.25) is 0 Å². The molecule has 1 aromatic heterocycles. The summed E-state index contributed by atoms with van der Waals surface area (Å²) in [5, 5.41) is 8.62. The van der Waals surface area contributed by atoms with Crippen molar-refractivity contribution >= 4 is 17.6 Å². The van der Waals surface area contributed by atoms with Crippen LogP contribution >= 0.6 is 0 Å². The van der Waals surface area contributed by atoms with Crippen molar-refractivity contribution in [3.05, 3.63) is 77.1 Å². The summed E-state index contributed by atoms with van der Waals surface area (Å²) < 4.78 is 0.